The van der Waals surface area contributed by atoms with Crippen LogP contribution >= 0.6 is 0 Å². The second kappa shape index (κ2) is 6.45. The Morgan fingerprint density at radius 1 is 1.37 bits per heavy atom. The maximum absolute atomic E-state index is 8.93. The first kappa shape index (κ1) is 13.7. The van der Waals surface area contributed by atoms with Crippen molar-refractivity contribution in [3.05, 3.63) is 29.8 Å². The second-order valence-electron chi connectivity index (χ2n) is 5.11. The van der Waals surface area contributed by atoms with Crippen molar-refractivity contribution in [2.45, 2.75) is 45.1 Å². The van der Waals surface area contributed by atoms with Gasteiger partial charge in [0.25, 0.3) is 0 Å². The fraction of sp³-hybridized carbons (Fsp3) is 0.533. The molecule has 0 radical (unpaired) electrons. The summed E-state index contributed by atoms with van der Waals surface area (Å²) >= 11 is 0. The first-order chi connectivity index (χ1) is 9.27. The van der Waals surface area contributed by atoms with E-state index in [4.69, 9.17) is 10.9 Å². The number of amidine groups is 1. The highest BCUT2D eigenvalue weighted by Crippen LogP contribution is 2.28. The minimum Gasteiger partial charge on any atom is -0.409 e. The molecular formula is C15H23N3O. The summed E-state index contributed by atoms with van der Waals surface area (Å²) < 4.78 is 0. The molecule has 1 aliphatic heterocycles. The van der Waals surface area contributed by atoms with Gasteiger partial charge in [-0.05, 0) is 31.4 Å². The zero-order valence-electron chi connectivity index (χ0n) is 11.5. The van der Waals surface area contributed by atoms with Crippen LogP contribution in [-0.2, 0) is 0 Å². The summed E-state index contributed by atoms with van der Waals surface area (Å²) in [4.78, 5) is 2.43. The van der Waals surface area contributed by atoms with Crippen LogP contribution in [-0.4, -0.2) is 23.6 Å². The molecule has 3 N–H and O–H groups in total. The van der Waals surface area contributed by atoms with Crippen LogP contribution in [0, 0.1) is 0 Å². The maximum atomic E-state index is 8.93. The molecule has 2 rings (SSSR count). The number of oxime groups is 1. The Bertz CT molecular complexity index is 445. The van der Waals surface area contributed by atoms with Gasteiger partial charge in [0.2, 0.25) is 0 Å². The van der Waals surface area contributed by atoms with Crippen LogP contribution in [0.15, 0.2) is 29.4 Å². The van der Waals surface area contributed by atoms with Crippen molar-refractivity contribution in [1.82, 2.24) is 0 Å². The molecular weight excluding hydrogens is 238 g/mol. The highest BCUT2D eigenvalue weighted by atomic mass is 16.4. The summed E-state index contributed by atoms with van der Waals surface area (Å²) in [5.74, 6) is 0.190. The van der Waals surface area contributed by atoms with E-state index < -0.39 is 0 Å². The van der Waals surface area contributed by atoms with Gasteiger partial charge in [-0.3, -0.25) is 0 Å². The molecule has 1 unspecified atom stereocenters. The molecule has 0 aliphatic carbocycles. The molecule has 1 saturated heterocycles. The van der Waals surface area contributed by atoms with E-state index in [1.165, 1.54) is 25.7 Å². The molecule has 0 spiro atoms. The molecule has 0 amide bonds. The Hall–Kier alpha value is -1.71. The summed E-state index contributed by atoms with van der Waals surface area (Å²) in [7, 11) is 0. The van der Waals surface area contributed by atoms with Crippen molar-refractivity contribution < 1.29 is 5.21 Å². The Morgan fingerprint density at radius 3 is 2.89 bits per heavy atom. The van der Waals surface area contributed by atoms with Crippen molar-refractivity contribution in [2.24, 2.45) is 10.9 Å². The molecule has 19 heavy (non-hydrogen) atoms. The topological polar surface area (TPSA) is 61.8 Å². The van der Waals surface area contributed by atoms with E-state index in [9.17, 15) is 0 Å². The molecule has 1 atom stereocenters. The van der Waals surface area contributed by atoms with E-state index in [0.29, 0.717) is 6.04 Å². The van der Waals surface area contributed by atoms with E-state index in [2.05, 4.69) is 23.0 Å². The summed E-state index contributed by atoms with van der Waals surface area (Å²) in [6.07, 6.45) is 6.14. The first-order valence-electron chi connectivity index (χ1n) is 7.11. The predicted octanol–water partition coefficient (Wildman–Crippen LogP) is 2.94. The normalized spacial score (nSPS) is 21.2. The van der Waals surface area contributed by atoms with E-state index in [-0.39, 0.29) is 5.84 Å². The molecule has 0 bridgehead atoms. The molecule has 1 aromatic carbocycles. The number of para-hydroxylation sites is 1. The van der Waals surface area contributed by atoms with Gasteiger partial charge in [0.1, 0.15) is 0 Å². The van der Waals surface area contributed by atoms with Gasteiger partial charge in [-0.15, -0.1) is 0 Å². The minimum absolute atomic E-state index is 0.190. The second-order valence-corrected chi connectivity index (χ2v) is 5.11. The molecule has 0 aromatic heterocycles. The lowest BCUT2D eigenvalue weighted by molar-refractivity contribution is 0.318. The van der Waals surface area contributed by atoms with Crippen LogP contribution in [0.3, 0.4) is 0 Å². The minimum atomic E-state index is 0.190. The van der Waals surface area contributed by atoms with Crippen LogP contribution in [0.1, 0.15) is 44.6 Å². The third-order valence-electron chi connectivity index (χ3n) is 3.95. The number of hydrogen-bond donors (Lipinski definition) is 2. The van der Waals surface area contributed by atoms with Gasteiger partial charge in [-0.2, -0.15) is 0 Å². The number of nitrogens with zero attached hydrogens (tertiary/aromatic N) is 2. The standard InChI is InChI=1S/C15H23N3O/c1-2-12-8-4-3-7-11-18(12)14-10-6-5-9-13(14)15(16)17-19/h5-6,9-10,12,19H,2-4,7-8,11H2,1H3,(H2,16,17). The Labute approximate surface area is 114 Å². The molecule has 4 nitrogen and oxygen atoms in total. The zero-order valence-corrected chi connectivity index (χ0v) is 11.5. The van der Waals surface area contributed by atoms with Gasteiger partial charge in [0.15, 0.2) is 5.84 Å². The average molecular weight is 261 g/mol. The summed E-state index contributed by atoms with van der Waals surface area (Å²) in [5, 5.41) is 12.1. The number of benzene rings is 1. The molecule has 1 aromatic rings. The highest BCUT2D eigenvalue weighted by molar-refractivity contribution is 6.02. The first-order valence-corrected chi connectivity index (χ1v) is 7.11. The fourth-order valence-electron chi connectivity index (χ4n) is 2.91. The molecule has 1 fully saturated rings. The lowest BCUT2D eigenvalue weighted by Gasteiger charge is -2.33. The number of hydrogen-bond acceptors (Lipinski definition) is 3. The third kappa shape index (κ3) is 3.00. The Balaban J connectivity index is 2.38. The van der Waals surface area contributed by atoms with Crippen LogP contribution in [0.25, 0.3) is 0 Å². The molecule has 1 heterocycles. The summed E-state index contributed by atoms with van der Waals surface area (Å²) in [6.45, 7) is 3.28. The number of nitrogens with two attached hydrogens (primary N) is 1. The van der Waals surface area contributed by atoms with Crippen molar-refractivity contribution in [1.29, 1.82) is 0 Å². The molecule has 4 heteroatoms. The van der Waals surface area contributed by atoms with Crippen LogP contribution in [0.5, 0.6) is 0 Å². The van der Waals surface area contributed by atoms with Gasteiger partial charge >= 0.3 is 0 Å². The predicted molar refractivity (Wildman–Crippen MR) is 78.8 cm³/mol. The highest BCUT2D eigenvalue weighted by Gasteiger charge is 2.22. The average Bonchev–Trinajstić information content (AvgIpc) is 2.71. The van der Waals surface area contributed by atoms with Crippen LogP contribution in [0.4, 0.5) is 5.69 Å². The van der Waals surface area contributed by atoms with Crippen molar-refractivity contribution >= 4 is 11.5 Å². The van der Waals surface area contributed by atoms with Crippen LogP contribution in [0.2, 0.25) is 0 Å². The van der Waals surface area contributed by atoms with Crippen molar-refractivity contribution in [3.63, 3.8) is 0 Å². The van der Waals surface area contributed by atoms with Gasteiger partial charge < -0.3 is 15.8 Å². The summed E-state index contributed by atoms with van der Waals surface area (Å²) in [5.41, 5.74) is 7.71. The molecule has 104 valence electrons. The quantitative estimate of drug-likeness (QED) is 0.380. The molecule has 0 saturated carbocycles. The van der Waals surface area contributed by atoms with E-state index >= 15 is 0 Å². The smallest absolute Gasteiger partial charge is 0.172 e. The van der Waals surface area contributed by atoms with E-state index in [1.807, 2.05) is 18.2 Å². The Kier molecular flexibility index (Phi) is 4.66. The SMILES string of the molecule is CCC1CCCCCN1c1ccccc1/C(N)=N/O. The van der Waals surface area contributed by atoms with Gasteiger partial charge in [-0.1, -0.05) is 37.1 Å². The van der Waals surface area contributed by atoms with Gasteiger partial charge in [0.05, 0.1) is 0 Å². The number of anilines is 1. The zero-order chi connectivity index (χ0) is 13.7. The lowest BCUT2D eigenvalue weighted by Crippen LogP contribution is -2.36. The lowest BCUT2D eigenvalue weighted by atomic mass is 10.0. The maximum Gasteiger partial charge on any atom is 0.172 e. The fourth-order valence-corrected chi connectivity index (χ4v) is 2.91. The number of rotatable bonds is 3. The van der Waals surface area contributed by atoms with E-state index in [0.717, 1.165) is 24.2 Å². The Morgan fingerprint density at radius 2 is 2.16 bits per heavy atom. The summed E-state index contributed by atoms with van der Waals surface area (Å²) in [6, 6.07) is 8.48. The van der Waals surface area contributed by atoms with Crippen molar-refractivity contribution in [3.8, 4) is 0 Å². The molecule has 1 aliphatic rings. The van der Waals surface area contributed by atoms with Crippen molar-refractivity contribution in [2.75, 3.05) is 11.4 Å². The third-order valence-corrected chi connectivity index (χ3v) is 3.95. The van der Waals surface area contributed by atoms with E-state index in [1.54, 1.807) is 0 Å². The largest absolute Gasteiger partial charge is 0.409 e. The van der Waals surface area contributed by atoms with Gasteiger partial charge in [-0.25, -0.2) is 0 Å². The van der Waals surface area contributed by atoms with Gasteiger partial charge in [0, 0.05) is 23.8 Å². The monoisotopic (exact) mass is 261 g/mol. The van der Waals surface area contributed by atoms with Crippen LogP contribution < -0.4 is 10.6 Å².